The van der Waals surface area contributed by atoms with Crippen molar-refractivity contribution in [2.45, 2.75) is 32.6 Å². The van der Waals surface area contributed by atoms with Gasteiger partial charge in [0, 0.05) is 16.4 Å². The van der Waals surface area contributed by atoms with E-state index in [0.717, 1.165) is 16.5 Å². The van der Waals surface area contributed by atoms with E-state index >= 15 is 0 Å². The van der Waals surface area contributed by atoms with Gasteiger partial charge < -0.3 is 4.74 Å². The quantitative estimate of drug-likeness (QED) is 0.802. The minimum atomic E-state index is 0.0257. The molecule has 4 heteroatoms. The van der Waals surface area contributed by atoms with Gasteiger partial charge in [-0.25, -0.2) is 4.98 Å². The molecule has 0 aliphatic rings. The van der Waals surface area contributed by atoms with Crippen LogP contribution >= 0.6 is 11.3 Å². The first-order valence-corrected chi connectivity index (χ1v) is 7.40. The number of carbonyl (C=O) groups is 1. The van der Waals surface area contributed by atoms with Gasteiger partial charge >= 0.3 is 0 Å². The van der Waals surface area contributed by atoms with E-state index in [1.54, 1.807) is 42.7 Å². The Hall–Kier alpha value is -1.68. The number of thiazole rings is 1. The summed E-state index contributed by atoms with van der Waals surface area (Å²) in [5, 5.41) is 2.91. The van der Waals surface area contributed by atoms with Crippen molar-refractivity contribution >= 4 is 17.1 Å². The molecular formula is C16H19NO2S. The molecule has 0 saturated heterocycles. The van der Waals surface area contributed by atoms with Crippen LogP contribution in [0.3, 0.4) is 0 Å². The summed E-state index contributed by atoms with van der Waals surface area (Å²) < 4.78 is 5.09. The van der Waals surface area contributed by atoms with Crippen LogP contribution in [-0.2, 0) is 11.8 Å². The first-order chi connectivity index (χ1) is 9.40. The van der Waals surface area contributed by atoms with E-state index < -0.39 is 0 Å². The third kappa shape index (κ3) is 3.45. The second-order valence-corrected chi connectivity index (χ2v) is 6.65. The van der Waals surface area contributed by atoms with Crippen molar-refractivity contribution in [2.75, 3.05) is 7.11 Å². The number of hydrogen-bond donors (Lipinski definition) is 0. The molecule has 1 aromatic carbocycles. The highest BCUT2D eigenvalue weighted by Gasteiger charge is 2.18. The van der Waals surface area contributed by atoms with Crippen LogP contribution in [0.5, 0.6) is 5.75 Å². The molecule has 20 heavy (non-hydrogen) atoms. The van der Waals surface area contributed by atoms with Gasteiger partial charge in [0.1, 0.15) is 10.8 Å². The number of benzene rings is 1. The van der Waals surface area contributed by atoms with Crippen LogP contribution in [0.25, 0.3) is 0 Å². The number of ketones is 1. The van der Waals surface area contributed by atoms with Crippen LogP contribution in [-0.4, -0.2) is 17.9 Å². The van der Waals surface area contributed by atoms with E-state index in [-0.39, 0.29) is 11.2 Å². The van der Waals surface area contributed by atoms with Crippen molar-refractivity contribution < 1.29 is 9.53 Å². The number of aromatic nitrogens is 1. The molecule has 1 aromatic heterocycles. The summed E-state index contributed by atoms with van der Waals surface area (Å²) in [6.45, 7) is 6.37. The number of methoxy groups -OCH3 is 1. The Bertz CT molecular complexity index is 594. The fraction of sp³-hybridized carbons (Fsp3) is 0.375. The van der Waals surface area contributed by atoms with E-state index in [2.05, 4.69) is 25.8 Å². The van der Waals surface area contributed by atoms with Crippen molar-refractivity contribution in [1.82, 2.24) is 4.98 Å². The number of rotatable bonds is 4. The Balaban J connectivity index is 2.09. The van der Waals surface area contributed by atoms with Gasteiger partial charge in [-0.05, 0) is 24.3 Å². The molecule has 0 spiro atoms. The molecule has 3 nitrogen and oxygen atoms in total. The Labute approximate surface area is 123 Å². The lowest BCUT2D eigenvalue weighted by molar-refractivity contribution is 0.0993. The number of carbonyl (C=O) groups excluding carboxylic acids is 1. The highest BCUT2D eigenvalue weighted by atomic mass is 32.1. The molecular weight excluding hydrogens is 270 g/mol. The van der Waals surface area contributed by atoms with Crippen LogP contribution in [0.15, 0.2) is 29.6 Å². The smallest absolute Gasteiger partial charge is 0.169 e. The maximum Gasteiger partial charge on any atom is 0.169 e. The lowest BCUT2D eigenvalue weighted by atomic mass is 9.93. The van der Waals surface area contributed by atoms with E-state index in [1.165, 1.54) is 0 Å². The van der Waals surface area contributed by atoms with E-state index in [4.69, 9.17) is 4.74 Å². The molecule has 106 valence electrons. The van der Waals surface area contributed by atoms with Crippen molar-refractivity contribution in [1.29, 1.82) is 0 Å². The average molecular weight is 289 g/mol. The topological polar surface area (TPSA) is 39.2 Å². The van der Waals surface area contributed by atoms with Gasteiger partial charge in [0.15, 0.2) is 5.78 Å². The van der Waals surface area contributed by atoms with Crippen molar-refractivity contribution in [3.8, 4) is 5.75 Å². The maximum absolute atomic E-state index is 12.2. The second kappa shape index (κ2) is 5.75. The molecule has 0 radical (unpaired) electrons. The Kier molecular flexibility index (Phi) is 4.23. The fourth-order valence-corrected chi connectivity index (χ4v) is 2.77. The summed E-state index contributed by atoms with van der Waals surface area (Å²) in [6.07, 6.45) is 0.354. The summed E-state index contributed by atoms with van der Waals surface area (Å²) >= 11 is 1.55. The first-order valence-electron chi connectivity index (χ1n) is 6.52. The number of nitrogens with zero attached hydrogens (tertiary/aromatic N) is 1. The van der Waals surface area contributed by atoms with Crippen LogP contribution in [0.1, 0.15) is 41.8 Å². The molecule has 0 amide bonds. The third-order valence-corrected chi connectivity index (χ3v) is 3.89. The van der Waals surface area contributed by atoms with Crippen LogP contribution in [0, 0.1) is 0 Å². The zero-order valence-electron chi connectivity index (χ0n) is 12.3. The van der Waals surface area contributed by atoms with Crippen molar-refractivity contribution in [2.24, 2.45) is 0 Å². The van der Waals surface area contributed by atoms with Gasteiger partial charge in [-0.1, -0.05) is 20.8 Å². The van der Waals surface area contributed by atoms with E-state index in [9.17, 15) is 4.79 Å². The summed E-state index contributed by atoms with van der Waals surface area (Å²) in [5.41, 5.74) is 1.76. The maximum atomic E-state index is 12.2. The standard InChI is InChI=1S/C16H19NO2S/c1-16(2,3)14-10-20-15(17-14)9-13(18)11-5-7-12(19-4)8-6-11/h5-8,10H,9H2,1-4H3. The Morgan fingerprint density at radius 1 is 1.25 bits per heavy atom. The molecule has 0 atom stereocenters. The predicted molar refractivity (Wildman–Crippen MR) is 81.8 cm³/mol. The largest absolute Gasteiger partial charge is 0.497 e. The molecule has 0 N–H and O–H groups in total. The highest BCUT2D eigenvalue weighted by Crippen LogP contribution is 2.24. The van der Waals surface area contributed by atoms with Gasteiger partial charge in [-0.15, -0.1) is 11.3 Å². The number of Topliss-reactive ketones (excluding diaryl/α,β-unsaturated/α-hetero) is 1. The zero-order valence-corrected chi connectivity index (χ0v) is 13.1. The highest BCUT2D eigenvalue weighted by molar-refractivity contribution is 7.09. The van der Waals surface area contributed by atoms with Gasteiger partial charge in [-0.3, -0.25) is 4.79 Å². The van der Waals surface area contributed by atoms with Gasteiger partial charge in [0.2, 0.25) is 0 Å². The van der Waals surface area contributed by atoms with E-state index in [1.807, 2.05) is 5.38 Å². The number of hydrogen-bond acceptors (Lipinski definition) is 4. The molecule has 2 rings (SSSR count). The monoisotopic (exact) mass is 289 g/mol. The molecule has 2 aromatic rings. The van der Waals surface area contributed by atoms with Crippen molar-refractivity contribution in [3.05, 3.63) is 45.9 Å². The zero-order chi connectivity index (χ0) is 14.8. The van der Waals surface area contributed by atoms with Crippen LogP contribution < -0.4 is 4.74 Å². The summed E-state index contributed by atoms with van der Waals surface area (Å²) in [5.74, 6) is 0.841. The summed E-state index contributed by atoms with van der Waals surface area (Å²) in [7, 11) is 1.61. The van der Waals surface area contributed by atoms with E-state index in [0.29, 0.717) is 12.0 Å². The first kappa shape index (κ1) is 14.7. The summed E-state index contributed by atoms with van der Waals surface area (Å²) in [4.78, 5) is 16.8. The van der Waals surface area contributed by atoms with Gasteiger partial charge in [0.25, 0.3) is 0 Å². The molecule has 0 fully saturated rings. The molecule has 1 heterocycles. The van der Waals surface area contributed by atoms with Gasteiger partial charge in [-0.2, -0.15) is 0 Å². The predicted octanol–water partition coefficient (Wildman–Crippen LogP) is 3.87. The minimum Gasteiger partial charge on any atom is -0.497 e. The van der Waals surface area contributed by atoms with Crippen LogP contribution in [0.4, 0.5) is 0 Å². The van der Waals surface area contributed by atoms with Crippen LogP contribution in [0.2, 0.25) is 0 Å². The second-order valence-electron chi connectivity index (χ2n) is 5.70. The Morgan fingerprint density at radius 2 is 1.90 bits per heavy atom. The average Bonchev–Trinajstić information content (AvgIpc) is 2.87. The van der Waals surface area contributed by atoms with Crippen molar-refractivity contribution in [3.63, 3.8) is 0 Å². The van der Waals surface area contributed by atoms with Gasteiger partial charge in [0.05, 0.1) is 19.2 Å². The Morgan fingerprint density at radius 3 is 2.40 bits per heavy atom. The third-order valence-electron chi connectivity index (χ3n) is 3.04. The normalized spacial score (nSPS) is 11.4. The number of ether oxygens (including phenoxy) is 1. The molecule has 0 bridgehead atoms. The fourth-order valence-electron chi connectivity index (χ4n) is 1.75. The lowest BCUT2D eigenvalue weighted by Gasteiger charge is -2.14. The molecule has 0 unspecified atom stereocenters. The molecule has 0 aliphatic heterocycles. The SMILES string of the molecule is COc1ccc(C(=O)Cc2nc(C(C)(C)C)cs2)cc1. The lowest BCUT2D eigenvalue weighted by Crippen LogP contribution is -2.12. The minimum absolute atomic E-state index is 0.0257. The molecule has 0 saturated carbocycles. The summed E-state index contributed by atoms with van der Waals surface area (Å²) in [6, 6.07) is 7.18. The molecule has 0 aliphatic carbocycles.